The minimum absolute atomic E-state index is 0.0670. The molecule has 1 fully saturated rings. The van der Waals surface area contributed by atoms with E-state index in [1.165, 1.54) is 17.7 Å². The zero-order valence-corrected chi connectivity index (χ0v) is 17.9. The van der Waals surface area contributed by atoms with Gasteiger partial charge in [-0.1, -0.05) is 26.0 Å². The van der Waals surface area contributed by atoms with Crippen LogP contribution in [-0.4, -0.2) is 21.3 Å². The zero-order chi connectivity index (χ0) is 21.8. The van der Waals surface area contributed by atoms with Crippen LogP contribution in [-0.2, 0) is 11.3 Å². The van der Waals surface area contributed by atoms with Crippen LogP contribution in [0.2, 0.25) is 0 Å². The van der Waals surface area contributed by atoms with Crippen LogP contribution in [0.15, 0.2) is 54.6 Å². The van der Waals surface area contributed by atoms with Gasteiger partial charge in [0.15, 0.2) is 6.23 Å². The average Bonchev–Trinajstić information content (AvgIpc) is 3.23. The fourth-order valence-corrected chi connectivity index (χ4v) is 3.74. The van der Waals surface area contributed by atoms with Gasteiger partial charge in [-0.2, -0.15) is 5.10 Å². The Morgan fingerprint density at radius 2 is 2.00 bits per heavy atom. The molecule has 7 nitrogen and oxygen atoms in total. The van der Waals surface area contributed by atoms with Gasteiger partial charge in [0.25, 0.3) is 5.69 Å². The van der Waals surface area contributed by atoms with Gasteiger partial charge in [0.2, 0.25) is 0 Å². The number of rotatable bonds is 7. The van der Waals surface area contributed by atoms with E-state index in [2.05, 4.69) is 26.0 Å². The predicted molar refractivity (Wildman–Crippen MR) is 118 cm³/mol. The van der Waals surface area contributed by atoms with Gasteiger partial charge in [0, 0.05) is 24.3 Å². The average molecular weight is 421 g/mol. The summed E-state index contributed by atoms with van der Waals surface area (Å²) < 4.78 is 13.9. The summed E-state index contributed by atoms with van der Waals surface area (Å²) in [6, 6.07) is 16.6. The van der Waals surface area contributed by atoms with Crippen LogP contribution in [0, 0.1) is 10.1 Å². The van der Waals surface area contributed by atoms with Crippen LogP contribution in [0.5, 0.6) is 5.75 Å². The van der Waals surface area contributed by atoms with Gasteiger partial charge in [-0.05, 0) is 61.1 Å². The Balaban J connectivity index is 1.60. The molecular weight excluding hydrogens is 394 g/mol. The summed E-state index contributed by atoms with van der Waals surface area (Å²) in [7, 11) is 0. The summed E-state index contributed by atoms with van der Waals surface area (Å²) in [6.07, 6.45) is 2.88. The smallest absolute Gasteiger partial charge is 0.269 e. The van der Waals surface area contributed by atoms with E-state index in [9.17, 15) is 10.1 Å². The van der Waals surface area contributed by atoms with Crippen molar-refractivity contribution < 1.29 is 14.4 Å². The molecule has 0 N–H and O–H groups in total. The minimum atomic E-state index is -0.393. The second-order valence-electron chi connectivity index (χ2n) is 8.11. The van der Waals surface area contributed by atoms with E-state index in [1.807, 2.05) is 22.9 Å². The third-order valence-corrected chi connectivity index (χ3v) is 5.50. The van der Waals surface area contributed by atoms with Gasteiger partial charge in [0.1, 0.15) is 18.1 Å². The highest BCUT2D eigenvalue weighted by Gasteiger charge is 2.22. The van der Waals surface area contributed by atoms with Crippen LogP contribution in [0.25, 0.3) is 11.3 Å². The molecule has 0 amide bonds. The van der Waals surface area contributed by atoms with Crippen LogP contribution in [0.3, 0.4) is 0 Å². The van der Waals surface area contributed by atoms with Crippen molar-refractivity contribution in [3.8, 4) is 17.0 Å². The summed E-state index contributed by atoms with van der Waals surface area (Å²) >= 11 is 0. The molecule has 162 valence electrons. The van der Waals surface area contributed by atoms with E-state index in [4.69, 9.17) is 14.6 Å². The minimum Gasteiger partial charge on any atom is -0.487 e. The van der Waals surface area contributed by atoms with Gasteiger partial charge in [-0.3, -0.25) is 10.1 Å². The van der Waals surface area contributed by atoms with Gasteiger partial charge in [0.05, 0.1) is 10.6 Å². The third kappa shape index (κ3) is 4.94. The lowest BCUT2D eigenvalue weighted by molar-refractivity contribution is -0.384. The molecule has 0 spiro atoms. The van der Waals surface area contributed by atoms with E-state index in [0.29, 0.717) is 19.1 Å². The van der Waals surface area contributed by atoms with Crippen molar-refractivity contribution in [1.82, 2.24) is 9.78 Å². The van der Waals surface area contributed by atoms with Crippen molar-refractivity contribution in [1.29, 1.82) is 0 Å². The first kappa shape index (κ1) is 21.1. The predicted octanol–water partition coefficient (Wildman–Crippen LogP) is 5.86. The maximum Gasteiger partial charge on any atom is 0.269 e. The molecule has 31 heavy (non-hydrogen) atoms. The van der Waals surface area contributed by atoms with Crippen molar-refractivity contribution in [2.24, 2.45) is 0 Å². The largest absolute Gasteiger partial charge is 0.487 e. The molecule has 0 saturated carbocycles. The van der Waals surface area contributed by atoms with E-state index in [1.54, 1.807) is 12.1 Å². The number of aromatic nitrogens is 2. The third-order valence-electron chi connectivity index (χ3n) is 5.50. The Morgan fingerprint density at radius 3 is 2.68 bits per heavy atom. The molecule has 0 bridgehead atoms. The zero-order valence-electron chi connectivity index (χ0n) is 17.9. The summed E-state index contributed by atoms with van der Waals surface area (Å²) in [6.45, 7) is 5.35. The van der Waals surface area contributed by atoms with E-state index in [0.717, 1.165) is 42.0 Å². The summed E-state index contributed by atoms with van der Waals surface area (Å²) in [4.78, 5) is 10.6. The SMILES string of the molecule is CC(C)c1cccc(OCc2cc(-c3ccc([N+](=O)[O-])cc3)n(C3CCCCO3)n2)c1. The Kier molecular flexibility index (Phi) is 6.32. The van der Waals surface area contributed by atoms with Crippen molar-refractivity contribution in [2.45, 2.75) is 51.9 Å². The normalized spacial score (nSPS) is 16.4. The number of nitro groups is 1. The van der Waals surface area contributed by atoms with Crippen molar-refractivity contribution in [3.63, 3.8) is 0 Å². The van der Waals surface area contributed by atoms with Crippen molar-refractivity contribution in [3.05, 3.63) is 76.0 Å². The molecule has 1 aromatic heterocycles. The Labute approximate surface area is 181 Å². The number of nitro benzene ring substituents is 1. The Hall–Kier alpha value is -3.19. The highest BCUT2D eigenvalue weighted by molar-refractivity contribution is 5.62. The molecule has 1 atom stereocenters. The second kappa shape index (κ2) is 9.31. The molecule has 1 unspecified atom stereocenters. The molecule has 0 radical (unpaired) electrons. The summed E-state index contributed by atoms with van der Waals surface area (Å²) in [5.74, 6) is 1.24. The molecule has 7 heteroatoms. The molecule has 2 aromatic carbocycles. The Bertz CT molecular complexity index is 1040. The van der Waals surface area contributed by atoms with Gasteiger partial charge in [-0.25, -0.2) is 4.68 Å². The highest BCUT2D eigenvalue weighted by atomic mass is 16.6. The maximum absolute atomic E-state index is 11.0. The molecule has 1 aliphatic rings. The topological polar surface area (TPSA) is 79.4 Å². The molecule has 1 aliphatic heterocycles. The van der Waals surface area contributed by atoms with Gasteiger partial charge < -0.3 is 9.47 Å². The number of nitrogens with zero attached hydrogens (tertiary/aromatic N) is 3. The standard InChI is InChI=1S/C24H27N3O4/c1-17(2)19-6-5-7-22(14-19)31-16-20-15-23(18-9-11-21(12-10-18)27(28)29)26(25-20)24-8-3-4-13-30-24/h5-7,9-12,14-15,17,24H,3-4,8,13,16H2,1-2H3. The van der Waals surface area contributed by atoms with Gasteiger partial charge >= 0.3 is 0 Å². The first-order valence-corrected chi connectivity index (χ1v) is 10.7. The molecule has 4 rings (SSSR count). The highest BCUT2D eigenvalue weighted by Crippen LogP contribution is 2.31. The molecule has 0 aliphatic carbocycles. The van der Waals surface area contributed by atoms with Gasteiger partial charge in [-0.15, -0.1) is 0 Å². The lowest BCUT2D eigenvalue weighted by Gasteiger charge is -2.24. The molecule has 2 heterocycles. The number of hydrogen-bond acceptors (Lipinski definition) is 5. The number of non-ortho nitro benzene ring substituents is 1. The van der Waals surface area contributed by atoms with Crippen LogP contribution >= 0.6 is 0 Å². The van der Waals surface area contributed by atoms with Crippen LogP contribution < -0.4 is 4.74 Å². The molecule has 3 aromatic rings. The summed E-state index contributed by atoms with van der Waals surface area (Å²) in [5, 5.41) is 15.8. The number of hydrogen-bond donors (Lipinski definition) is 0. The van der Waals surface area contributed by atoms with E-state index >= 15 is 0 Å². The van der Waals surface area contributed by atoms with Crippen molar-refractivity contribution >= 4 is 5.69 Å². The quantitative estimate of drug-likeness (QED) is 0.353. The summed E-state index contributed by atoms with van der Waals surface area (Å²) in [5.41, 5.74) is 3.82. The maximum atomic E-state index is 11.0. The fraction of sp³-hybridized carbons (Fsp3) is 0.375. The van der Waals surface area contributed by atoms with Crippen molar-refractivity contribution in [2.75, 3.05) is 6.61 Å². The Morgan fingerprint density at radius 1 is 1.19 bits per heavy atom. The molecular formula is C24H27N3O4. The second-order valence-corrected chi connectivity index (χ2v) is 8.11. The number of benzene rings is 2. The first-order chi connectivity index (χ1) is 15.0. The first-order valence-electron chi connectivity index (χ1n) is 10.7. The van der Waals surface area contributed by atoms with Crippen LogP contribution in [0.4, 0.5) is 5.69 Å². The number of ether oxygens (including phenoxy) is 2. The van der Waals surface area contributed by atoms with E-state index in [-0.39, 0.29) is 11.9 Å². The van der Waals surface area contributed by atoms with Crippen LogP contribution in [0.1, 0.15) is 56.5 Å². The monoisotopic (exact) mass is 421 g/mol. The lowest BCUT2D eigenvalue weighted by atomic mass is 10.0. The van der Waals surface area contributed by atoms with E-state index < -0.39 is 4.92 Å². The molecule has 1 saturated heterocycles. The fourth-order valence-electron chi connectivity index (χ4n) is 3.74. The lowest BCUT2D eigenvalue weighted by Crippen LogP contribution is -2.20.